The molecule has 1 unspecified atom stereocenters. The van der Waals surface area contributed by atoms with Gasteiger partial charge >= 0.3 is 6.09 Å². The van der Waals surface area contributed by atoms with Gasteiger partial charge in [-0.05, 0) is 45.6 Å². The van der Waals surface area contributed by atoms with Crippen molar-refractivity contribution in [3.8, 4) is 0 Å². The van der Waals surface area contributed by atoms with E-state index < -0.39 is 5.60 Å². The van der Waals surface area contributed by atoms with E-state index in [2.05, 4.69) is 39.5 Å². The molecule has 29 heavy (non-hydrogen) atoms. The first-order valence-electron chi connectivity index (χ1n) is 9.92. The number of hydrogen-bond acceptors (Lipinski definition) is 4. The van der Waals surface area contributed by atoms with E-state index in [1.165, 1.54) is 0 Å². The Kier molecular flexibility index (Phi) is 12.2. The lowest BCUT2D eigenvalue weighted by Gasteiger charge is -2.28. The number of ether oxygens (including phenoxy) is 1. The molecule has 0 bridgehead atoms. The fourth-order valence-electron chi connectivity index (χ4n) is 2.73. The van der Waals surface area contributed by atoms with Gasteiger partial charge in [-0.3, -0.25) is 9.67 Å². The number of hydrogen-bond donors (Lipinski definition) is 2. The van der Waals surface area contributed by atoms with Gasteiger partial charge in [0.1, 0.15) is 5.60 Å². The molecule has 0 aliphatic carbocycles. The second kappa shape index (κ2) is 12.9. The first-order chi connectivity index (χ1) is 13.0. The Morgan fingerprint density at radius 1 is 1.38 bits per heavy atom. The molecule has 0 saturated carbocycles. The molecular weight excluding hydrogens is 483 g/mol. The number of carbonyl (C=O) groups is 1. The maximum atomic E-state index is 12.1. The van der Waals surface area contributed by atoms with Gasteiger partial charge in [0.15, 0.2) is 5.96 Å². The number of aromatic nitrogens is 2. The largest absolute Gasteiger partial charge is 0.444 e. The minimum absolute atomic E-state index is 0. The van der Waals surface area contributed by atoms with Crippen molar-refractivity contribution in [2.24, 2.45) is 10.9 Å². The van der Waals surface area contributed by atoms with Gasteiger partial charge in [0, 0.05) is 39.4 Å². The molecule has 9 heteroatoms. The summed E-state index contributed by atoms with van der Waals surface area (Å²) >= 11 is 0. The lowest BCUT2D eigenvalue weighted by Crippen LogP contribution is -2.45. The molecule has 2 N–H and O–H groups in total. The van der Waals surface area contributed by atoms with Gasteiger partial charge in [-0.15, -0.1) is 24.0 Å². The Morgan fingerprint density at radius 3 is 2.52 bits per heavy atom. The molecule has 0 fully saturated rings. The molecule has 168 valence electrons. The van der Waals surface area contributed by atoms with Crippen molar-refractivity contribution in [1.29, 1.82) is 0 Å². The zero-order valence-electron chi connectivity index (χ0n) is 19.2. The predicted molar refractivity (Wildman–Crippen MR) is 129 cm³/mol. The average molecular weight is 522 g/mol. The number of rotatable bonds is 8. The third kappa shape index (κ3) is 11.3. The summed E-state index contributed by atoms with van der Waals surface area (Å²) in [6.07, 6.45) is 4.30. The second-order valence-corrected chi connectivity index (χ2v) is 8.46. The summed E-state index contributed by atoms with van der Waals surface area (Å²) < 4.78 is 7.29. The van der Waals surface area contributed by atoms with Crippen molar-refractivity contribution in [3.63, 3.8) is 0 Å². The average Bonchev–Trinajstić information content (AvgIpc) is 2.98. The lowest BCUT2D eigenvalue weighted by molar-refractivity contribution is 0.0486. The highest BCUT2D eigenvalue weighted by Crippen LogP contribution is 2.11. The maximum Gasteiger partial charge on any atom is 0.407 e. The van der Waals surface area contributed by atoms with E-state index in [-0.39, 0.29) is 36.1 Å². The van der Waals surface area contributed by atoms with Crippen LogP contribution in [0.2, 0.25) is 0 Å². The number of halogens is 1. The van der Waals surface area contributed by atoms with Crippen molar-refractivity contribution in [2.45, 2.75) is 66.2 Å². The molecule has 0 saturated heterocycles. The third-order valence-electron chi connectivity index (χ3n) is 4.24. The predicted octanol–water partition coefficient (Wildman–Crippen LogP) is 3.26. The normalized spacial score (nSPS) is 12.9. The molecule has 0 aliphatic rings. The van der Waals surface area contributed by atoms with E-state index in [1.54, 1.807) is 7.05 Å². The smallest absolute Gasteiger partial charge is 0.407 e. The first-order valence-corrected chi connectivity index (χ1v) is 9.92. The van der Waals surface area contributed by atoms with Gasteiger partial charge in [0.25, 0.3) is 0 Å². The molecule has 8 nitrogen and oxygen atoms in total. The Hall–Kier alpha value is -1.52. The van der Waals surface area contributed by atoms with Gasteiger partial charge in [-0.25, -0.2) is 4.79 Å². The minimum atomic E-state index is -0.499. The summed E-state index contributed by atoms with van der Waals surface area (Å²) in [6.45, 7) is 14.1. The molecule has 1 rings (SSSR count). The van der Waals surface area contributed by atoms with Crippen LogP contribution >= 0.6 is 24.0 Å². The van der Waals surface area contributed by atoms with E-state index in [4.69, 9.17) is 4.74 Å². The SMILES string of the molecule is CN=C(NCCn1cc(C)cn1)N(C)CCC(NC(=O)OC(C)(C)C)C(C)C.I. The summed E-state index contributed by atoms with van der Waals surface area (Å²) in [4.78, 5) is 18.5. The molecule has 1 aromatic heterocycles. The Labute approximate surface area is 192 Å². The Bertz CT molecular complexity index is 639. The summed E-state index contributed by atoms with van der Waals surface area (Å²) in [5.74, 6) is 1.13. The van der Waals surface area contributed by atoms with Crippen LogP contribution in [0.15, 0.2) is 17.4 Å². The molecule has 0 aromatic carbocycles. The molecule has 1 atom stereocenters. The Balaban J connectivity index is 0.00000784. The molecule has 1 amide bonds. The van der Waals surface area contributed by atoms with Crippen LogP contribution in [0.25, 0.3) is 0 Å². The van der Waals surface area contributed by atoms with Crippen LogP contribution in [0.5, 0.6) is 0 Å². The van der Waals surface area contributed by atoms with Crippen LogP contribution < -0.4 is 10.6 Å². The van der Waals surface area contributed by atoms with E-state index in [0.717, 1.165) is 37.6 Å². The highest BCUT2D eigenvalue weighted by atomic mass is 127. The number of aliphatic imine (C=N–C) groups is 1. The summed E-state index contributed by atoms with van der Waals surface area (Å²) in [5, 5.41) is 10.6. The van der Waals surface area contributed by atoms with Crippen molar-refractivity contribution in [1.82, 2.24) is 25.3 Å². The number of nitrogens with one attached hydrogen (secondary N) is 2. The highest BCUT2D eigenvalue weighted by molar-refractivity contribution is 14.0. The van der Waals surface area contributed by atoms with Crippen LogP contribution in [0.3, 0.4) is 0 Å². The van der Waals surface area contributed by atoms with E-state index in [1.807, 2.05) is 51.8 Å². The monoisotopic (exact) mass is 522 g/mol. The number of nitrogens with zero attached hydrogens (tertiary/aromatic N) is 4. The van der Waals surface area contributed by atoms with Crippen molar-refractivity contribution in [3.05, 3.63) is 18.0 Å². The van der Waals surface area contributed by atoms with Gasteiger partial charge in [0.2, 0.25) is 0 Å². The number of carbonyl (C=O) groups excluding carboxylic acids is 1. The standard InChI is InChI=1S/C20H38N6O2.HI/c1-15(2)17(24-19(27)28-20(4,5)6)9-11-25(8)18(21-7)22-10-12-26-14-16(3)13-23-26;/h13-15,17H,9-12H2,1-8H3,(H,21,22)(H,24,27);1H. The van der Waals surface area contributed by atoms with E-state index in [0.29, 0.717) is 5.92 Å². The van der Waals surface area contributed by atoms with Crippen molar-refractivity contribution in [2.75, 3.05) is 27.2 Å². The molecule has 0 aliphatic heterocycles. The van der Waals surface area contributed by atoms with E-state index in [9.17, 15) is 4.79 Å². The zero-order chi connectivity index (χ0) is 21.3. The number of alkyl carbamates (subject to hydrolysis) is 1. The van der Waals surface area contributed by atoms with Gasteiger partial charge in [-0.2, -0.15) is 5.10 Å². The highest BCUT2D eigenvalue weighted by Gasteiger charge is 2.22. The minimum Gasteiger partial charge on any atom is -0.444 e. The summed E-state index contributed by atoms with van der Waals surface area (Å²) in [5.41, 5.74) is 0.653. The summed E-state index contributed by atoms with van der Waals surface area (Å²) in [7, 11) is 3.77. The second-order valence-electron chi connectivity index (χ2n) is 8.46. The van der Waals surface area contributed by atoms with Crippen molar-refractivity contribution < 1.29 is 9.53 Å². The maximum absolute atomic E-state index is 12.1. The number of guanidine groups is 1. The Morgan fingerprint density at radius 2 is 2.03 bits per heavy atom. The zero-order valence-corrected chi connectivity index (χ0v) is 21.5. The molecule has 0 radical (unpaired) electrons. The molecule has 1 heterocycles. The van der Waals surface area contributed by atoms with E-state index >= 15 is 0 Å². The number of amides is 1. The summed E-state index contributed by atoms with van der Waals surface area (Å²) in [6, 6.07) is 0.0301. The van der Waals surface area contributed by atoms with Crippen LogP contribution in [-0.2, 0) is 11.3 Å². The van der Waals surface area contributed by atoms with Gasteiger partial charge in [0.05, 0.1) is 12.7 Å². The number of aryl methyl sites for hydroxylation is 1. The van der Waals surface area contributed by atoms with Crippen LogP contribution in [0, 0.1) is 12.8 Å². The fourth-order valence-corrected chi connectivity index (χ4v) is 2.73. The van der Waals surface area contributed by atoms with Gasteiger partial charge < -0.3 is 20.3 Å². The van der Waals surface area contributed by atoms with Crippen LogP contribution in [0.1, 0.15) is 46.6 Å². The first kappa shape index (κ1) is 27.5. The topological polar surface area (TPSA) is 83.8 Å². The quantitative estimate of drug-likeness (QED) is 0.311. The van der Waals surface area contributed by atoms with Crippen molar-refractivity contribution >= 4 is 36.0 Å². The third-order valence-corrected chi connectivity index (χ3v) is 4.24. The lowest BCUT2D eigenvalue weighted by atomic mass is 10.0. The van der Waals surface area contributed by atoms with Gasteiger partial charge in [-0.1, -0.05) is 13.8 Å². The fraction of sp³-hybridized carbons (Fsp3) is 0.750. The molecule has 1 aromatic rings. The van der Waals surface area contributed by atoms with Crippen LogP contribution in [0.4, 0.5) is 4.79 Å². The van der Waals surface area contributed by atoms with Crippen LogP contribution in [-0.4, -0.2) is 65.6 Å². The molecular formula is C20H39IN6O2. The molecule has 0 spiro atoms.